The molecule has 0 spiro atoms. The van der Waals surface area contributed by atoms with Gasteiger partial charge in [0.25, 0.3) is 5.91 Å². The van der Waals surface area contributed by atoms with E-state index in [1.165, 1.54) is 19.9 Å². The van der Waals surface area contributed by atoms with Gasteiger partial charge in [0.15, 0.2) is 5.78 Å². The molecule has 2 aliphatic rings. The largest absolute Gasteiger partial charge is 0.457 e. The molecule has 0 saturated carbocycles. The molecule has 2 bridgehead atoms. The molecule has 3 unspecified atom stereocenters. The van der Waals surface area contributed by atoms with Gasteiger partial charge in [-0.1, -0.05) is 0 Å². The van der Waals surface area contributed by atoms with Gasteiger partial charge in [-0.2, -0.15) is 0 Å². The first-order valence-electron chi connectivity index (χ1n) is 9.49. The maximum atomic E-state index is 12.5. The number of nitrogens with zero attached hydrogens (tertiary/aromatic N) is 1. The Hall–Kier alpha value is -2.66. The van der Waals surface area contributed by atoms with Gasteiger partial charge in [-0.05, 0) is 80.8 Å². The fourth-order valence-corrected chi connectivity index (χ4v) is 4.00. The van der Waals surface area contributed by atoms with Gasteiger partial charge in [0.2, 0.25) is 0 Å². The van der Waals surface area contributed by atoms with Crippen molar-refractivity contribution in [1.29, 1.82) is 0 Å². The van der Waals surface area contributed by atoms with E-state index in [-0.39, 0.29) is 17.7 Å². The van der Waals surface area contributed by atoms with E-state index in [1.807, 2.05) is 0 Å². The fraction of sp³-hybridized carbons (Fsp3) is 0.364. The number of carbonyl (C=O) groups excluding carboxylic acids is 2. The van der Waals surface area contributed by atoms with Crippen molar-refractivity contribution >= 4 is 11.7 Å². The minimum atomic E-state index is -0.0279. The van der Waals surface area contributed by atoms with E-state index in [0.29, 0.717) is 22.6 Å². The molecule has 3 atom stereocenters. The first kappa shape index (κ1) is 17.7. The van der Waals surface area contributed by atoms with Crippen LogP contribution >= 0.6 is 0 Å². The Balaban J connectivity index is 1.35. The maximum Gasteiger partial charge on any atom is 0.251 e. The highest BCUT2D eigenvalue weighted by atomic mass is 16.5. The van der Waals surface area contributed by atoms with Gasteiger partial charge >= 0.3 is 0 Å². The quantitative estimate of drug-likeness (QED) is 0.825. The Bertz CT molecular complexity index is 818. The van der Waals surface area contributed by atoms with Crippen LogP contribution in [0.1, 0.15) is 40.5 Å². The van der Waals surface area contributed by atoms with Crippen molar-refractivity contribution in [3.63, 3.8) is 0 Å². The molecule has 2 aliphatic heterocycles. The van der Waals surface area contributed by atoms with E-state index in [4.69, 9.17) is 4.74 Å². The van der Waals surface area contributed by atoms with Gasteiger partial charge in [-0.3, -0.25) is 9.59 Å². The monoisotopic (exact) mass is 364 g/mol. The molecular weight excluding hydrogens is 340 g/mol. The van der Waals surface area contributed by atoms with Crippen molar-refractivity contribution in [3.05, 3.63) is 59.7 Å². The molecule has 27 heavy (non-hydrogen) atoms. The van der Waals surface area contributed by atoms with Crippen LogP contribution in [0.15, 0.2) is 48.5 Å². The summed E-state index contributed by atoms with van der Waals surface area (Å²) in [6, 6.07) is 14.4. The molecule has 4 rings (SSSR count). The third kappa shape index (κ3) is 4.19. The summed E-state index contributed by atoms with van der Waals surface area (Å²) >= 11 is 0. The van der Waals surface area contributed by atoms with E-state index >= 15 is 0 Å². The Morgan fingerprint density at radius 2 is 1.59 bits per heavy atom. The number of piperidine rings is 1. The lowest BCUT2D eigenvalue weighted by Gasteiger charge is -2.30. The van der Waals surface area contributed by atoms with Crippen molar-refractivity contribution in [2.45, 2.75) is 25.8 Å². The molecule has 0 aromatic heterocycles. The average Bonchev–Trinajstić information content (AvgIpc) is 3.01. The van der Waals surface area contributed by atoms with Gasteiger partial charge < -0.3 is 15.0 Å². The van der Waals surface area contributed by atoms with Crippen molar-refractivity contribution in [1.82, 2.24) is 10.2 Å². The second kappa shape index (κ2) is 7.53. The SMILES string of the molecule is CC(=O)c1ccc(Oc2ccc(C(=O)NC3CC4CCN(C4)C3)cc2)cc1. The summed E-state index contributed by atoms with van der Waals surface area (Å²) in [6.45, 7) is 4.84. The van der Waals surface area contributed by atoms with E-state index in [1.54, 1.807) is 48.5 Å². The molecule has 2 aromatic rings. The average molecular weight is 364 g/mol. The number of ether oxygens (including phenoxy) is 1. The molecule has 0 radical (unpaired) electrons. The van der Waals surface area contributed by atoms with E-state index in [9.17, 15) is 9.59 Å². The van der Waals surface area contributed by atoms with Crippen molar-refractivity contribution < 1.29 is 14.3 Å². The van der Waals surface area contributed by atoms with Crippen LogP contribution in [0.4, 0.5) is 0 Å². The zero-order chi connectivity index (χ0) is 18.8. The first-order chi connectivity index (χ1) is 13.1. The van der Waals surface area contributed by atoms with Gasteiger partial charge in [-0.15, -0.1) is 0 Å². The smallest absolute Gasteiger partial charge is 0.251 e. The summed E-state index contributed by atoms with van der Waals surface area (Å²) in [5.74, 6) is 2.04. The first-order valence-corrected chi connectivity index (χ1v) is 9.49. The Labute approximate surface area is 159 Å². The molecule has 1 N–H and O–H groups in total. The number of hydrogen-bond donors (Lipinski definition) is 1. The highest BCUT2D eigenvalue weighted by molar-refractivity contribution is 5.94. The van der Waals surface area contributed by atoms with Gasteiger partial charge in [-0.25, -0.2) is 0 Å². The third-order valence-corrected chi connectivity index (χ3v) is 5.41. The minimum absolute atomic E-state index is 0.0275. The molecule has 1 amide bonds. The predicted octanol–water partition coefficient (Wildman–Crippen LogP) is 3.51. The topological polar surface area (TPSA) is 58.6 Å². The fourth-order valence-electron chi connectivity index (χ4n) is 4.00. The predicted molar refractivity (Wildman–Crippen MR) is 103 cm³/mol. The molecule has 0 aliphatic carbocycles. The van der Waals surface area contributed by atoms with Crippen LogP contribution in [-0.4, -0.2) is 42.3 Å². The summed E-state index contributed by atoms with van der Waals surface area (Å²) in [5, 5.41) is 3.17. The number of ketones is 1. The van der Waals surface area contributed by atoms with Gasteiger partial charge in [0.1, 0.15) is 11.5 Å². The lowest BCUT2D eigenvalue weighted by atomic mass is 9.96. The number of Topliss-reactive ketones (excluding diaryl/α,β-unsaturated/α-hetero) is 1. The van der Waals surface area contributed by atoms with E-state index < -0.39 is 0 Å². The lowest BCUT2D eigenvalue weighted by molar-refractivity contribution is 0.0908. The molecule has 5 heteroatoms. The number of nitrogens with one attached hydrogen (secondary N) is 1. The highest BCUT2D eigenvalue weighted by Gasteiger charge is 2.32. The number of fused-ring (bicyclic) bond motifs is 2. The molecule has 2 fully saturated rings. The molecule has 2 heterocycles. The number of benzene rings is 2. The van der Waals surface area contributed by atoms with Crippen LogP contribution < -0.4 is 10.1 Å². The Kier molecular flexibility index (Phi) is 4.94. The molecule has 5 nitrogen and oxygen atoms in total. The van der Waals surface area contributed by atoms with E-state index in [0.717, 1.165) is 25.4 Å². The zero-order valence-electron chi connectivity index (χ0n) is 15.5. The lowest BCUT2D eigenvalue weighted by Crippen LogP contribution is -2.46. The van der Waals surface area contributed by atoms with E-state index in [2.05, 4.69) is 10.2 Å². The number of hydrogen-bond acceptors (Lipinski definition) is 4. The van der Waals surface area contributed by atoms with Crippen LogP contribution in [0, 0.1) is 5.92 Å². The van der Waals surface area contributed by atoms with Crippen LogP contribution in [0.2, 0.25) is 0 Å². The van der Waals surface area contributed by atoms with Crippen LogP contribution in [0.3, 0.4) is 0 Å². The van der Waals surface area contributed by atoms with Crippen LogP contribution in [0.5, 0.6) is 11.5 Å². The standard InChI is InChI=1S/C22H24N2O3/c1-15(25)17-2-6-20(7-3-17)27-21-8-4-18(5-9-21)22(26)23-19-12-16-10-11-24(13-16)14-19/h2-9,16,19H,10-14H2,1H3,(H,23,26). The summed E-state index contributed by atoms with van der Waals surface area (Å²) < 4.78 is 5.78. The summed E-state index contributed by atoms with van der Waals surface area (Å²) in [4.78, 5) is 26.3. The van der Waals surface area contributed by atoms with Crippen molar-refractivity contribution in [2.24, 2.45) is 5.92 Å². The Morgan fingerprint density at radius 3 is 2.19 bits per heavy atom. The second-order valence-corrected chi connectivity index (χ2v) is 7.53. The summed E-state index contributed by atoms with van der Waals surface area (Å²) in [5.41, 5.74) is 1.30. The Morgan fingerprint density at radius 1 is 0.963 bits per heavy atom. The highest BCUT2D eigenvalue weighted by Crippen LogP contribution is 2.27. The van der Waals surface area contributed by atoms with Gasteiger partial charge in [0, 0.05) is 30.3 Å². The number of rotatable bonds is 5. The van der Waals surface area contributed by atoms with Crippen molar-refractivity contribution in [2.75, 3.05) is 19.6 Å². The van der Waals surface area contributed by atoms with Crippen LogP contribution in [0.25, 0.3) is 0 Å². The molecule has 2 aromatic carbocycles. The maximum absolute atomic E-state index is 12.5. The normalized spacial score (nSPS) is 23.7. The molecule has 2 saturated heterocycles. The summed E-state index contributed by atoms with van der Waals surface area (Å²) in [6.07, 6.45) is 2.34. The van der Waals surface area contributed by atoms with Gasteiger partial charge in [0.05, 0.1) is 0 Å². The summed E-state index contributed by atoms with van der Waals surface area (Å²) in [7, 11) is 0. The van der Waals surface area contributed by atoms with Crippen LogP contribution in [-0.2, 0) is 0 Å². The minimum Gasteiger partial charge on any atom is -0.457 e. The molecular formula is C22H24N2O3. The second-order valence-electron chi connectivity index (χ2n) is 7.53. The van der Waals surface area contributed by atoms with Crippen molar-refractivity contribution in [3.8, 4) is 11.5 Å². The number of carbonyl (C=O) groups is 2. The number of amides is 1. The third-order valence-electron chi connectivity index (χ3n) is 5.41. The molecule has 140 valence electrons. The zero-order valence-corrected chi connectivity index (χ0v) is 15.5.